The highest BCUT2D eigenvalue weighted by Crippen LogP contribution is 2.30. The Morgan fingerprint density at radius 2 is 1.70 bits per heavy atom. The minimum absolute atomic E-state index is 0.389. The van der Waals surface area contributed by atoms with Crippen molar-refractivity contribution in [3.63, 3.8) is 0 Å². The Hall–Kier alpha value is -2.34. The zero-order chi connectivity index (χ0) is 15.6. The summed E-state index contributed by atoms with van der Waals surface area (Å²) in [5, 5.41) is 21.6. The SMILES string of the molecule is NC(=O)c1cc([N+](=O)[O-])cc([N+](=O)[O-])c1C(=O)N(S)S. The van der Waals surface area contributed by atoms with Gasteiger partial charge in [-0.15, -0.1) is 0 Å². The minimum atomic E-state index is -1.23. The van der Waals surface area contributed by atoms with E-state index in [1.807, 2.05) is 0 Å². The maximum atomic E-state index is 11.8. The second-order valence-electron chi connectivity index (χ2n) is 3.36. The molecule has 0 saturated carbocycles. The van der Waals surface area contributed by atoms with Crippen LogP contribution in [-0.2, 0) is 0 Å². The number of nitrogens with two attached hydrogens (primary N) is 1. The molecule has 12 heteroatoms. The molecule has 106 valence electrons. The molecule has 20 heavy (non-hydrogen) atoms. The van der Waals surface area contributed by atoms with E-state index in [2.05, 4.69) is 25.6 Å². The highest BCUT2D eigenvalue weighted by molar-refractivity contribution is 7.94. The average molecular weight is 318 g/mol. The van der Waals surface area contributed by atoms with Crippen LogP contribution in [0.2, 0.25) is 0 Å². The molecule has 0 aliphatic heterocycles. The first-order valence-corrected chi connectivity index (χ1v) is 5.45. The average Bonchev–Trinajstić information content (AvgIpc) is 2.35. The van der Waals surface area contributed by atoms with Crippen molar-refractivity contribution in [2.45, 2.75) is 0 Å². The third-order valence-corrected chi connectivity index (χ3v) is 2.53. The minimum Gasteiger partial charge on any atom is -0.366 e. The van der Waals surface area contributed by atoms with E-state index in [1.54, 1.807) is 0 Å². The fraction of sp³-hybridized carbons (Fsp3) is 0. The van der Waals surface area contributed by atoms with Crippen molar-refractivity contribution in [1.82, 2.24) is 3.71 Å². The molecule has 0 fully saturated rings. The van der Waals surface area contributed by atoms with E-state index in [9.17, 15) is 29.8 Å². The number of hydrogen-bond acceptors (Lipinski definition) is 8. The van der Waals surface area contributed by atoms with Crippen LogP contribution in [0.5, 0.6) is 0 Å². The van der Waals surface area contributed by atoms with E-state index >= 15 is 0 Å². The van der Waals surface area contributed by atoms with Crippen LogP contribution in [0.4, 0.5) is 11.4 Å². The molecule has 0 saturated heterocycles. The number of rotatable bonds is 4. The topological polar surface area (TPSA) is 150 Å². The van der Waals surface area contributed by atoms with Gasteiger partial charge in [0.05, 0.1) is 21.5 Å². The zero-order valence-corrected chi connectivity index (χ0v) is 11.2. The Bertz CT molecular complexity index is 596. The number of non-ortho nitro benzene ring substituents is 1. The van der Waals surface area contributed by atoms with Gasteiger partial charge >= 0.3 is 0 Å². The first-order chi connectivity index (χ1) is 9.16. The van der Waals surface area contributed by atoms with Gasteiger partial charge in [-0.25, -0.2) is 3.71 Å². The summed E-state index contributed by atoms with van der Waals surface area (Å²) in [5.74, 6) is -2.35. The summed E-state index contributed by atoms with van der Waals surface area (Å²) in [6.07, 6.45) is 0. The summed E-state index contributed by atoms with van der Waals surface area (Å²) >= 11 is 7.08. The van der Waals surface area contributed by atoms with Crippen LogP contribution in [-0.4, -0.2) is 25.4 Å². The van der Waals surface area contributed by atoms with Crippen LogP contribution in [0.25, 0.3) is 0 Å². The maximum absolute atomic E-state index is 11.8. The fourth-order valence-corrected chi connectivity index (χ4v) is 1.58. The first-order valence-electron chi connectivity index (χ1n) is 4.65. The lowest BCUT2D eigenvalue weighted by Crippen LogP contribution is -2.22. The molecular weight excluding hydrogens is 312 g/mol. The molecule has 1 aromatic rings. The predicted octanol–water partition coefficient (Wildman–Crippen LogP) is 0.734. The number of thiol groups is 2. The van der Waals surface area contributed by atoms with E-state index in [0.717, 1.165) is 0 Å². The van der Waals surface area contributed by atoms with Gasteiger partial charge in [0.25, 0.3) is 17.3 Å². The van der Waals surface area contributed by atoms with Crippen molar-refractivity contribution in [3.8, 4) is 0 Å². The summed E-state index contributed by atoms with van der Waals surface area (Å²) in [6, 6.07) is 1.22. The van der Waals surface area contributed by atoms with Crippen molar-refractivity contribution in [3.05, 3.63) is 43.5 Å². The third-order valence-electron chi connectivity index (χ3n) is 2.17. The number of primary amides is 1. The van der Waals surface area contributed by atoms with Gasteiger partial charge in [0, 0.05) is 6.07 Å². The molecule has 0 bridgehead atoms. The second kappa shape index (κ2) is 5.75. The number of amides is 2. The smallest absolute Gasteiger partial charge is 0.289 e. The summed E-state index contributed by atoms with van der Waals surface area (Å²) in [5.41, 5.74) is 1.92. The van der Waals surface area contributed by atoms with Gasteiger partial charge in [0.1, 0.15) is 5.56 Å². The Labute approximate surface area is 121 Å². The van der Waals surface area contributed by atoms with Gasteiger partial charge < -0.3 is 5.73 Å². The highest BCUT2D eigenvalue weighted by Gasteiger charge is 2.32. The fourth-order valence-electron chi connectivity index (χ4n) is 1.38. The first kappa shape index (κ1) is 15.7. The maximum Gasteiger partial charge on any atom is 0.289 e. The zero-order valence-electron chi connectivity index (χ0n) is 9.42. The van der Waals surface area contributed by atoms with Crippen LogP contribution >= 0.6 is 25.6 Å². The van der Waals surface area contributed by atoms with Crippen LogP contribution in [0.15, 0.2) is 12.1 Å². The van der Waals surface area contributed by atoms with Gasteiger partial charge in [-0.1, -0.05) is 25.6 Å². The monoisotopic (exact) mass is 318 g/mol. The third kappa shape index (κ3) is 2.97. The molecule has 2 amide bonds. The Morgan fingerprint density at radius 3 is 2.05 bits per heavy atom. The molecule has 0 aliphatic rings. The van der Waals surface area contributed by atoms with Crippen LogP contribution in [0, 0.1) is 20.2 Å². The molecule has 0 unspecified atom stereocenters. The normalized spacial score (nSPS) is 9.90. The molecule has 0 atom stereocenters. The number of hydrogen-bond donors (Lipinski definition) is 3. The van der Waals surface area contributed by atoms with Crippen molar-refractivity contribution in [1.29, 1.82) is 0 Å². The van der Waals surface area contributed by atoms with E-state index in [-0.39, 0.29) is 0 Å². The number of carbonyl (C=O) groups is 2. The number of nitro groups is 2. The van der Waals surface area contributed by atoms with Crippen molar-refractivity contribution in [2.24, 2.45) is 5.73 Å². The number of benzene rings is 1. The highest BCUT2D eigenvalue weighted by atomic mass is 32.2. The Kier molecular flexibility index (Phi) is 4.52. The molecule has 1 rings (SSSR count). The second-order valence-corrected chi connectivity index (χ2v) is 4.48. The van der Waals surface area contributed by atoms with Crippen LogP contribution in [0.1, 0.15) is 20.7 Å². The molecule has 0 heterocycles. The molecule has 1 aromatic carbocycles. The van der Waals surface area contributed by atoms with Crippen LogP contribution in [0.3, 0.4) is 0 Å². The summed E-state index contributed by atoms with van der Waals surface area (Å²) in [4.78, 5) is 42.6. The largest absolute Gasteiger partial charge is 0.366 e. The van der Waals surface area contributed by atoms with Crippen molar-refractivity contribution >= 4 is 48.8 Å². The Morgan fingerprint density at radius 1 is 1.15 bits per heavy atom. The molecule has 2 N–H and O–H groups in total. The quantitative estimate of drug-likeness (QED) is 0.423. The van der Waals surface area contributed by atoms with Gasteiger partial charge in [0.15, 0.2) is 0 Å². The summed E-state index contributed by atoms with van der Waals surface area (Å²) < 4.78 is 0.389. The lowest BCUT2D eigenvalue weighted by Gasteiger charge is -2.10. The predicted molar refractivity (Wildman–Crippen MR) is 72.4 cm³/mol. The van der Waals surface area contributed by atoms with Gasteiger partial charge in [0.2, 0.25) is 5.91 Å². The van der Waals surface area contributed by atoms with Gasteiger partial charge in [-0.05, 0) is 0 Å². The standard InChI is InChI=1S/C8H6N4O6S2/c9-7(13)4-1-3(10(15)16)2-5(11(17)18)6(4)8(14)12(19)20/h1-2,19-20H,(H2,9,13). The number of carbonyl (C=O) groups excluding carboxylic acids is 2. The lowest BCUT2D eigenvalue weighted by molar-refractivity contribution is -0.394. The van der Waals surface area contributed by atoms with Crippen molar-refractivity contribution < 1.29 is 19.4 Å². The van der Waals surface area contributed by atoms with E-state index < -0.39 is 44.2 Å². The van der Waals surface area contributed by atoms with Gasteiger partial charge in [-0.2, -0.15) is 0 Å². The van der Waals surface area contributed by atoms with Crippen LogP contribution < -0.4 is 5.73 Å². The van der Waals surface area contributed by atoms with Crippen molar-refractivity contribution in [2.75, 3.05) is 0 Å². The summed E-state index contributed by atoms with van der Waals surface area (Å²) in [7, 11) is 0. The summed E-state index contributed by atoms with van der Waals surface area (Å²) in [6.45, 7) is 0. The molecule has 0 aliphatic carbocycles. The molecule has 0 spiro atoms. The molecule has 10 nitrogen and oxygen atoms in total. The number of nitrogens with zero attached hydrogens (tertiary/aromatic N) is 3. The van der Waals surface area contributed by atoms with E-state index in [1.165, 1.54) is 0 Å². The molecular formula is C8H6N4O6S2. The van der Waals surface area contributed by atoms with E-state index in [0.29, 0.717) is 15.8 Å². The Balaban J connectivity index is 3.77. The number of nitro benzene ring substituents is 2. The van der Waals surface area contributed by atoms with Gasteiger partial charge in [-0.3, -0.25) is 29.8 Å². The molecule has 0 radical (unpaired) electrons. The molecule has 0 aromatic heterocycles. The lowest BCUT2D eigenvalue weighted by atomic mass is 10.0. The van der Waals surface area contributed by atoms with E-state index in [4.69, 9.17) is 5.73 Å².